The van der Waals surface area contributed by atoms with Crippen molar-refractivity contribution in [3.05, 3.63) is 131 Å². The Morgan fingerprint density at radius 2 is 1.30 bits per heavy atom. The van der Waals surface area contributed by atoms with E-state index in [1.165, 1.54) is 0 Å². The minimum atomic E-state index is -1.01. The van der Waals surface area contributed by atoms with Crippen LogP contribution in [0.2, 0.25) is 0 Å². The first-order valence-electron chi connectivity index (χ1n) is 13.3. The molecule has 6 rings (SSSR count). The lowest BCUT2D eigenvalue weighted by atomic mass is 9.80. The van der Waals surface area contributed by atoms with Crippen molar-refractivity contribution in [2.75, 3.05) is 19.7 Å². The van der Waals surface area contributed by atoms with Gasteiger partial charge in [-0.3, -0.25) is 9.59 Å². The number of nitrogens with zero attached hydrogens (tertiary/aromatic N) is 1. The molecule has 1 heterocycles. The molecule has 200 valence electrons. The zero-order valence-electron chi connectivity index (χ0n) is 21.7. The fraction of sp³-hybridized carbons (Fsp3) is 0.182. The highest BCUT2D eigenvalue weighted by atomic mass is 16.5. The predicted octanol–water partition coefficient (Wildman–Crippen LogP) is 5.59. The molecule has 0 unspecified atom stereocenters. The van der Waals surface area contributed by atoms with Crippen LogP contribution in [-0.4, -0.2) is 47.7 Å². The Balaban J connectivity index is 1.16. The lowest BCUT2D eigenvalue weighted by Gasteiger charge is -2.40. The number of carboxylic acid groups (broad SMARTS) is 1. The summed E-state index contributed by atoms with van der Waals surface area (Å²) in [6.07, 6.45) is -0.585. The number of amides is 2. The number of nitrogens with one attached hydrogen (secondary N) is 1. The molecule has 0 saturated carbocycles. The van der Waals surface area contributed by atoms with E-state index in [-0.39, 0.29) is 31.5 Å². The highest BCUT2D eigenvalue weighted by Gasteiger charge is 2.44. The first-order valence-corrected chi connectivity index (χ1v) is 13.3. The van der Waals surface area contributed by atoms with Crippen molar-refractivity contribution in [3.8, 4) is 11.1 Å². The molecule has 0 bridgehead atoms. The molecule has 2 N–H and O–H groups in total. The van der Waals surface area contributed by atoms with Crippen molar-refractivity contribution in [2.45, 2.75) is 17.9 Å². The van der Waals surface area contributed by atoms with Gasteiger partial charge in [0.2, 0.25) is 0 Å². The fourth-order valence-electron chi connectivity index (χ4n) is 6.05. The van der Waals surface area contributed by atoms with E-state index in [1.807, 2.05) is 54.6 Å². The molecule has 0 saturated heterocycles. The van der Waals surface area contributed by atoms with Gasteiger partial charge in [0.25, 0.3) is 5.91 Å². The van der Waals surface area contributed by atoms with Gasteiger partial charge in [-0.2, -0.15) is 0 Å². The molecule has 1 aliphatic carbocycles. The maximum absolute atomic E-state index is 13.6. The van der Waals surface area contributed by atoms with E-state index >= 15 is 0 Å². The third kappa shape index (κ3) is 4.49. The van der Waals surface area contributed by atoms with E-state index in [4.69, 9.17) is 4.74 Å². The number of hydrogen-bond donors (Lipinski definition) is 2. The number of carboxylic acids is 1. The number of fused-ring (bicyclic) bond motifs is 4. The molecular formula is C33H28N2O5. The van der Waals surface area contributed by atoms with Gasteiger partial charge in [-0.25, -0.2) is 4.79 Å². The van der Waals surface area contributed by atoms with Crippen LogP contribution in [0.4, 0.5) is 4.79 Å². The number of ether oxygens (including phenoxy) is 1. The van der Waals surface area contributed by atoms with Crippen molar-refractivity contribution in [1.29, 1.82) is 0 Å². The summed E-state index contributed by atoms with van der Waals surface area (Å²) in [5.74, 6) is -2.28. The number of carbonyl (C=O) groups excluding carboxylic acids is 2. The summed E-state index contributed by atoms with van der Waals surface area (Å²) in [7, 11) is 0. The van der Waals surface area contributed by atoms with E-state index in [1.54, 1.807) is 29.2 Å². The van der Waals surface area contributed by atoms with Gasteiger partial charge in [0.05, 0.1) is 6.04 Å². The van der Waals surface area contributed by atoms with Crippen LogP contribution in [0.1, 0.15) is 50.5 Å². The number of rotatable bonds is 7. The largest absolute Gasteiger partial charge is 0.481 e. The van der Waals surface area contributed by atoms with Gasteiger partial charge in [-0.1, -0.05) is 97.1 Å². The molecule has 0 aromatic heterocycles. The molecular weight excluding hydrogens is 504 g/mol. The molecule has 4 aromatic rings. The van der Waals surface area contributed by atoms with Crippen molar-refractivity contribution in [3.63, 3.8) is 0 Å². The number of carbonyl (C=O) groups is 3. The Morgan fingerprint density at radius 1 is 0.750 bits per heavy atom. The highest BCUT2D eigenvalue weighted by Crippen LogP contribution is 2.45. The number of aliphatic carboxylic acids is 1. The number of hydrogen-bond acceptors (Lipinski definition) is 4. The van der Waals surface area contributed by atoms with Crippen LogP contribution >= 0.6 is 0 Å². The van der Waals surface area contributed by atoms with E-state index in [9.17, 15) is 19.5 Å². The summed E-state index contributed by atoms with van der Waals surface area (Å²) in [4.78, 5) is 40.3. The lowest BCUT2D eigenvalue weighted by Crippen LogP contribution is -2.47. The minimum Gasteiger partial charge on any atom is -0.481 e. The summed E-state index contributed by atoms with van der Waals surface area (Å²) in [6.45, 7) is 0.421. The van der Waals surface area contributed by atoms with E-state index in [0.717, 1.165) is 27.8 Å². The van der Waals surface area contributed by atoms with Gasteiger partial charge in [0, 0.05) is 24.6 Å². The molecule has 40 heavy (non-hydrogen) atoms. The van der Waals surface area contributed by atoms with Gasteiger partial charge >= 0.3 is 12.1 Å². The monoisotopic (exact) mass is 532 g/mol. The summed E-state index contributed by atoms with van der Waals surface area (Å²) < 4.78 is 5.64. The topological polar surface area (TPSA) is 95.9 Å². The fourth-order valence-corrected chi connectivity index (χ4v) is 6.05. The van der Waals surface area contributed by atoms with Gasteiger partial charge in [0.1, 0.15) is 12.5 Å². The van der Waals surface area contributed by atoms with Gasteiger partial charge in [0.15, 0.2) is 0 Å². The van der Waals surface area contributed by atoms with Crippen molar-refractivity contribution < 1.29 is 24.2 Å². The summed E-state index contributed by atoms with van der Waals surface area (Å²) >= 11 is 0. The van der Waals surface area contributed by atoms with Crippen LogP contribution < -0.4 is 5.32 Å². The molecule has 0 radical (unpaired) electrons. The van der Waals surface area contributed by atoms with Crippen LogP contribution in [0.25, 0.3) is 11.1 Å². The zero-order valence-corrected chi connectivity index (χ0v) is 21.7. The SMILES string of the molecule is O=C(NCCN1C(=O)c2ccccc2[C@@H](C(=O)O)[C@@H]1c1ccccc1)OCC1c2ccccc2-c2ccccc21. The third-order valence-corrected chi connectivity index (χ3v) is 7.81. The molecule has 2 aliphatic rings. The van der Waals surface area contributed by atoms with Gasteiger partial charge in [-0.15, -0.1) is 0 Å². The normalized spacial score (nSPS) is 17.5. The Morgan fingerprint density at radius 3 is 1.93 bits per heavy atom. The summed E-state index contributed by atoms with van der Waals surface area (Å²) in [6, 6.07) is 31.5. The van der Waals surface area contributed by atoms with Crippen molar-refractivity contribution >= 4 is 18.0 Å². The average Bonchev–Trinajstić information content (AvgIpc) is 3.31. The molecule has 4 aromatic carbocycles. The molecule has 0 spiro atoms. The second-order valence-corrected chi connectivity index (χ2v) is 10.0. The minimum absolute atomic E-state index is 0.0582. The number of alkyl carbamates (subject to hydrolysis) is 1. The average molecular weight is 533 g/mol. The summed E-state index contributed by atoms with van der Waals surface area (Å²) in [5, 5.41) is 13.0. The van der Waals surface area contributed by atoms with Crippen LogP contribution in [-0.2, 0) is 9.53 Å². The second-order valence-electron chi connectivity index (χ2n) is 10.0. The van der Waals surface area contributed by atoms with E-state index in [0.29, 0.717) is 11.1 Å². The third-order valence-electron chi connectivity index (χ3n) is 7.81. The smallest absolute Gasteiger partial charge is 0.407 e. The van der Waals surface area contributed by atoms with Crippen molar-refractivity contribution in [1.82, 2.24) is 10.2 Å². The first-order chi connectivity index (χ1) is 19.5. The Hall–Kier alpha value is -4.91. The summed E-state index contributed by atoms with van der Waals surface area (Å²) in [5.41, 5.74) is 6.13. The molecule has 0 fully saturated rings. The highest BCUT2D eigenvalue weighted by molar-refractivity contribution is 6.00. The molecule has 7 heteroatoms. The quantitative estimate of drug-likeness (QED) is 0.324. The predicted molar refractivity (Wildman–Crippen MR) is 150 cm³/mol. The van der Waals surface area contributed by atoms with Crippen LogP contribution in [0, 0.1) is 0 Å². The van der Waals surface area contributed by atoms with Gasteiger partial charge < -0.3 is 20.1 Å². The maximum Gasteiger partial charge on any atom is 0.407 e. The molecule has 2 atom stereocenters. The lowest BCUT2D eigenvalue weighted by molar-refractivity contribution is -0.140. The Labute approximate surface area is 232 Å². The number of benzene rings is 4. The van der Waals surface area contributed by atoms with E-state index < -0.39 is 24.0 Å². The van der Waals surface area contributed by atoms with Crippen molar-refractivity contribution in [2.24, 2.45) is 0 Å². The van der Waals surface area contributed by atoms with Crippen LogP contribution in [0.15, 0.2) is 103 Å². The van der Waals surface area contributed by atoms with E-state index in [2.05, 4.69) is 29.6 Å². The molecule has 2 amide bonds. The van der Waals surface area contributed by atoms with Gasteiger partial charge in [-0.05, 0) is 39.4 Å². The van der Waals surface area contributed by atoms with Crippen LogP contribution in [0.5, 0.6) is 0 Å². The zero-order chi connectivity index (χ0) is 27.6. The molecule has 1 aliphatic heterocycles. The maximum atomic E-state index is 13.6. The first kappa shape index (κ1) is 25.4. The second kappa shape index (κ2) is 10.7. The standard InChI is InChI=1S/C33H28N2O5/c36-31-27-17-9-8-16-26(27)29(32(37)38)30(21-10-2-1-3-11-21)35(31)19-18-34-33(39)40-20-28-24-14-6-4-12-22(24)23-13-5-7-15-25(23)28/h1-17,28-30H,18-20H2,(H,34,39)(H,37,38)/t29-,30+/m1/s1. The Kier molecular flexibility index (Phi) is 6.78. The molecule has 7 nitrogen and oxygen atoms in total. The van der Waals surface area contributed by atoms with Crippen LogP contribution in [0.3, 0.4) is 0 Å². The Bertz CT molecular complexity index is 1540.